The summed E-state index contributed by atoms with van der Waals surface area (Å²) >= 11 is 1.64. The number of hydrogen-bond donors (Lipinski definition) is 2. The number of amides is 1. The molecule has 4 nitrogen and oxygen atoms in total. The van der Waals surface area contributed by atoms with Gasteiger partial charge in [0.2, 0.25) is 5.91 Å². The molecule has 120 valence electrons. The lowest BCUT2D eigenvalue weighted by Crippen LogP contribution is -2.42. The normalized spacial score (nSPS) is 29.0. The van der Waals surface area contributed by atoms with E-state index in [4.69, 9.17) is 5.73 Å². The summed E-state index contributed by atoms with van der Waals surface area (Å²) in [5, 5.41) is 6.16. The van der Waals surface area contributed by atoms with Crippen molar-refractivity contribution >= 4 is 22.9 Å². The summed E-state index contributed by atoms with van der Waals surface area (Å²) in [6.45, 7) is 2.00. The molecule has 4 unspecified atom stereocenters. The molecule has 2 aromatic rings. The van der Waals surface area contributed by atoms with Gasteiger partial charge in [-0.25, -0.2) is 4.98 Å². The summed E-state index contributed by atoms with van der Waals surface area (Å²) in [6.07, 6.45) is 3.47. The fourth-order valence-corrected chi connectivity index (χ4v) is 4.79. The van der Waals surface area contributed by atoms with E-state index < -0.39 is 0 Å². The lowest BCUT2D eigenvalue weighted by molar-refractivity contribution is -0.121. The maximum Gasteiger partial charge on any atom is 0.229 e. The largest absolute Gasteiger partial charge is 0.327 e. The van der Waals surface area contributed by atoms with Gasteiger partial charge in [-0.2, -0.15) is 0 Å². The third-order valence-electron chi connectivity index (χ3n) is 5.35. The van der Waals surface area contributed by atoms with Crippen molar-refractivity contribution in [2.45, 2.75) is 32.2 Å². The van der Waals surface area contributed by atoms with E-state index in [-0.39, 0.29) is 17.9 Å². The van der Waals surface area contributed by atoms with E-state index in [2.05, 4.69) is 15.7 Å². The number of nitrogens with zero attached hydrogens (tertiary/aromatic N) is 1. The average Bonchev–Trinajstić information content (AvgIpc) is 3.24. The number of nitrogens with two attached hydrogens (primary N) is 1. The Bertz CT molecular complexity index is 722. The van der Waals surface area contributed by atoms with Gasteiger partial charge in [0.05, 0.1) is 16.6 Å². The zero-order valence-corrected chi connectivity index (χ0v) is 14.0. The number of anilines is 1. The van der Waals surface area contributed by atoms with Gasteiger partial charge < -0.3 is 11.1 Å². The minimum Gasteiger partial charge on any atom is -0.327 e. The van der Waals surface area contributed by atoms with Crippen LogP contribution in [0, 0.1) is 24.7 Å². The van der Waals surface area contributed by atoms with E-state index in [1.807, 2.05) is 31.2 Å². The fourth-order valence-electron chi connectivity index (χ4n) is 4.17. The Labute approximate surface area is 140 Å². The van der Waals surface area contributed by atoms with Gasteiger partial charge in [0.1, 0.15) is 0 Å². The second-order valence-corrected chi connectivity index (χ2v) is 7.82. The van der Waals surface area contributed by atoms with Crippen molar-refractivity contribution < 1.29 is 4.79 Å². The summed E-state index contributed by atoms with van der Waals surface area (Å²) in [5.41, 5.74) is 9.15. The molecule has 2 aliphatic carbocycles. The first-order chi connectivity index (χ1) is 11.1. The van der Waals surface area contributed by atoms with Crippen molar-refractivity contribution in [1.82, 2.24) is 4.98 Å². The van der Waals surface area contributed by atoms with Crippen molar-refractivity contribution in [3.8, 4) is 11.3 Å². The van der Waals surface area contributed by atoms with Crippen molar-refractivity contribution in [2.24, 2.45) is 23.5 Å². The summed E-state index contributed by atoms with van der Waals surface area (Å²) < 4.78 is 0. The first-order valence-corrected chi connectivity index (χ1v) is 9.09. The van der Waals surface area contributed by atoms with Crippen LogP contribution in [0.5, 0.6) is 0 Å². The van der Waals surface area contributed by atoms with Gasteiger partial charge in [0.25, 0.3) is 0 Å². The number of rotatable bonds is 3. The van der Waals surface area contributed by atoms with E-state index in [1.165, 1.54) is 6.42 Å². The van der Waals surface area contributed by atoms with Crippen LogP contribution in [-0.2, 0) is 4.79 Å². The van der Waals surface area contributed by atoms with Crippen LogP contribution in [-0.4, -0.2) is 16.9 Å². The predicted molar refractivity (Wildman–Crippen MR) is 93.2 cm³/mol. The minimum absolute atomic E-state index is 0.0189. The highest BCUT2D eigenvalue weighted by Gasteiger charge is 2.49. The van der Waals surface area contributed by atoms with Crippen molar-refractivity contribution in [3.05, 3.63) is 34.7 Å². The van der Waals surface area contributed by atoms with Crippen LogP contribution in [0.15, 0.2) is 29.6 Å². The zero-order valence-electron chi connectivity index (χ0n) is 13.2. The molecule has 0 spiro atoms. The zero-order chi connectivity index (χ0) is 16.0. The molecule has 0 saturated heterocycles. The number of fused-ring (bicyclic) bond motifs is 2. The predicted octanol–water partition coefficient (Wildman–Crippen LogP) is 3.43. The molecule has 4 rings (SSSR count). The molecule has 1 aromatic heterocycles. The first-order valence-electron chi connectivity index (χ1n) is 8.21. The third kappa shape index (κ3) is 2.68. The van der Waals surface area contributed by atoms with Crippen LogP contribution >= 0.6 is 11.3 Å². The summed E-state index contributed by atoms with van der Waals surface area (Å²) in [7, 11) is 0. The number of hydrogen-bond acceptors (Lipinski definition) is 4. The van der Waals surface area contributed by atoms with E-state index >= 15 is 0 Å². The highest BCUT2D eigenvalue weighted by molar-refractivity contribution is 7.09. The SMILES string of the molecule is Cc1nc(-c2ccc(NC(=O)C3C4CCC(C4)C3N)cc2)cs1. The molecule has 2 bridgehead atoms. The fraction of sp³-hybridized carbons (Fsp3) is 0.444. The standard InChI is InChI=1S/C18H21N3OS/c1-10-20-15(9-23-10)11-4-6-14(7-5-11)21-18(22)16-12-2-3-13(8-12)17(16)19/h4-7,9,12-13,16-17H,2-3,8,19H2,1H3,(H,21,22). The molecule has 1 aromatic carbocycles. The van der Waals surface area contributed by atoms with Gasteiger partial charge in [-0.3, -0.25) is 4.79 Å². The number of aromatic nitrogens is 1. The highest BCUT2D eigenvalue weighted by Crippen LogP contribution is 2.47. The van der Waals surface area contributed by atoms with Crippen LogP contribution in [0.4, 0.5) is 5.69 Å². The van der Waals surface area contributed by atoms with E-state index in [0.29, 0.717) is 11.8 Å². The third-order valence-corrected chi connectivity index (χ3v) is 6.12. The number of carbonyl (C=O) groups is 1. The highest BCUT2D eigenvalue weighted by atomic mass is 32.1. The van der Waals surface area contributed by atoms with E-state index in [9.17, 15) is 4.79 Å². The van der Waals surface area contributed by atoms with Crippen molar-refractivity contribution in [3.63, 3.8) is 0 Å². The summed E-state index contributed by atoms with van der Waals surface area (Å²) in [6, 6.07) is 7.93. The second-order valence-electron chi connectivity index (χ2n) is 6.75. The van der Waals surface area contributed by atoms with Gasteiger partial charge in [-0.05, 0) is 50.2 Å². The second kappa shape index (κ2) is 5.73. The van der Waals surface area contributed by atoms with Crippen molar-refractivity contribution in [2.75, 3.05) is 5.32 Å². The molecular weight excluding hydrogens is 306 g/mol. The smallest absolute Gasteiger partial charge is 0.229 e. The molecule has 0 aliphatic heterocycles. The summed E-state index contributed by atoms with van der Waals surface area (Å²) in [5.74, 6) is 1.09. The molecule has 3 N–H and O–H groups in total. The van der Waals surface area contributed by atoms with Gasteiger partial charge in [-0.15, -0.1) is 11.3 Å². The Morgan fingerprint density at radius 1 is 1.26 bits per heavy atom. The van der Waals surface area contributed by atoms with E-state index in [0.717, 1.165) is 34.8 Å². The minimum atomic E-state index is -0.0189. The monoisotopic (exact) mass is 327 g/mol. The lowest BCUT2D eigenvalue weighted by Gasteiger charge is -2.27. The topological polar surface area (TPSA) is 68.0 Å². The van der Waals surface area contributed by atoms with Crippen LogP contribution in [0.1, 0.15) is 24.3 Å². The Morgan fingerprint density at radius 2 is 2.00 bits per heavy atom. The number of aryl methyl sites for hydroxylation is 1. The first kappa shape index (κ1) is 14.8. The van der Waals surface area contributed by atoms with Crippen LogP contribution in [0.3, 0.4) is 0 Å². The average molecular weight is 327 g/mol. The number of benzene rings is 1. The number of thiazole rings is 1. The molecule has 4 atom stereocenters. The quantitative estimate of drug-likeness (QED) is 0.907. The Hall–Kier alpha value is -1.72. The molecular formula is C18H21N3OS. The summed E-state index contributed by atoms with van der Waals surface area (Å²) in [4.78, 5) is 17.1. The maximum atomic E-state index is 12.6. The number of carbonyl (C=O) groups excluding carboxylic acids is 1. The van der Waals surface area contributed by atoms with Gasteiger partial charge in [0.15, 0.2) is 0 Å². The molecule has 5 heteroatoms. The molecule has 1 amide bonds. The Morgan fingerprint density at radius 3 is 2.61 bits per heavy atom. The molecule has 0 radical (unpaired) electrons. The molecule has 2 fully saturated rings. The van der Waals surface area contributed by atoms with Crippen molar-refractivity contribution in [1.29, 1.82) is 0 Å². The van der Waals surface area contributed by atoms with E-state index in [1.54, 1.807) is 11.3 Å². The molecule has 2 saturated carbocycles. The molecule has 1 heterocycles. The van der Waals surface area contributed by atoms with Crippen LogP contribution < -0.4 is 11.1 Å². The molecule has 23 heavy (non-hydrogen) atoms. The Kier molecular flexibility index (Phi) is 3.70. The molecule has 2 aliphatic rings. The Balaban J connectivity index is 1.46. The number of nitrogens with one attached hydrogen (secondary N) is 1. The van der Waals surface area contributed by atoms with Gasteiger partial charge in [0, 0.05) is 22.7 Å². The maximum absolute atomic E-state index is 12.6. The lowest BCUT2D eigenvalue weighted by atomic mass is 9.84. The van der Waals surface area contributed by atoms with Crippen LogP contribution in [0.25, 0.3) is 11.3 Å². The van der Waals surface area contributed by atoms with Gasteiger partial charge in [-0.1, -0.05) is 12.1 Å². The van der Waals surface area contributed by atoms with Crippen LogP contribution in [0.2, 0.25) is 0 Å². The van der Waals surface area contributed by atoms with Gasteiger partial charge >= 0.3 is 0 Å².